The van der Waals surface area contributed by atoms with Crippen LogP contribution in [0.5, 0.6) is 5.75 Å². The maximum absolute atomic E-state index is 12.3. The van der Waals surface area contributed by atoms with Crippen LogP contribution in [-0.2, 0) is 4.79 Å². The second-order valence-electron chi connectivity index (χ2n) is 7.02. The van der Waals surface area contributed by atoms with Crippen LogP contribution in [0, 0.1) is 13.8 Å². The first-order chi connectivity index (χ1) is 12.4. The van der Waals surface area contributed by atoms with Crippen LogP contribution in [0.4, 0.5) is 0 Å². The molecule has 1 aliphatic carbocycles. The summed E-state index contributed by atoms with van der Waals surface area (Å²) in [6.07, 6.45) is 0.507. The van der Waals surface area contributed by atoms with Crippen LogP contribution < -0.4 is 10.1 Å². The molecule has 0 saturated carbocycles. The van der Waals surface area contributed by atoms with E-state index in [1.54, 1.807) is 17.4 Å². The molecule has 1 amide bonds. The van der Waals surface area contributed by atoms with Crippen molar-refractivity contribution in [1.82, 2.24) is 10.3 Å². The van der Waals surface area contributed by atoms with Gasteiger partial charge in [0.05, 0.1) is 10.6 Å². The lowest BCUT2D eigenvalue weighted by Gasteiger charge is -2.14. The Hall–Kier alpha value is -2.21. The van der Waals surface area contributed by atoms with Gasteiger partial charge in [-0.25, -0.2) is 4.98 Å². The number of aromatic nitrogens is 1. The van der Waals surface area contributed by atoms with Crippen molar-refractivity contribution in [1.29, 1.82) is 0 Å². The standard InChI is InChI=1S/C20H24N2O3S/c1-11-5-6-16(19-15(23)7-12(2)18(11)19)25-9-17(24)21-8-13(3)20-22-14(4)10-26-20/h5-6,10,12-13H,7-9H2,1-4H3,(H,21,24). The molecule has 26 heavy (non-hydrogen) atoms. The number of thiazole rings is 1. The third-order valence-electron chi connectivity index (χ3n) is 4.71. The fourth-order valence-corrected chi connectivity index (χ4v) is 4.23. The van der Waals surface area contributed by atoms with Crippen molar-refractivity contribution in [2.75, 3.05) is 13.2 Å². The predicted molar refractivity (Wildman–Crippen MR) is 102 cm³/mol. The van der Waals surface area contributed by atoms with Crippen LogP contribution >= 0.6 is 11.3 Å². The van der Waals surface area contributed by atoms with E-state index < -0.39 is 0 Å². The lowest BCUT2D eigenvalue weighted by Crippen LogP contribution is -2.32. The number of benzene rings is 1. The van der Waals surface area contributed by atoms with E-state index in [9.17, 15) is 9.59 Å². The summed E-state index contributed by atoms with van der Waals surface area (Å²) < 4.78 is 5.68. The molecule has 1 N–H and O–H groups in total. The van der Waals surface area contributed by atoms with Crippen LogP contribution in [0.2, 0.25) is 0 Å². The van der Waals surface area contributed by atoms with Gasteiger partial charge in [0.2, 0.25) is 0 Å². The third-order valence-corrected chi connectivity index (χ3v) is 5.91. The third kappa shape index (κ3) is 3.80. The minimum absolute atomic E-state index is 0.0964. The van der Waals surface area contributed by atoms with Crippen molar-refractivity contribution in [3.63, 3.8) is 0 Å². The molecular weight excluding hydrogens is 348 g/mol. The van der Waals surface area contributed by atoms with Crippen molar-refractivity contribution in [2.45, 2.75) is 46.0 Å². The fourth-order valence-electron chi connectivity index (χ4n) is 3.38. The number of carbonyl (C=O) groups is 2. The zero-order chi connectivity index (χ0) is 18.8. The van der Waals surface area contributed by atoms with Crippen molar-refractivity contribution in [2.24, 2.45) is 0 Å². The van der Waals surface area contributed by atoms with Crippen LogP contribution in [0.15, 0.2) is 17.5 Å². The van der Waals surface area contributed by atoms with Crippen LogP contribution in [0.1, 0.15) is 64.3 Å². The Labute approximate surface area is 157 Å². The summed E-state index contributed by atoms with van der Waals surface area (Å²) in [5.41, 5.74) is 3.80. The van der Waals surface area contributed by atoms with E-state index in [0.29, 0.717) is 24.3 Å². The second-order valence-corrected chi connectivity index (χ2v) is 7.91. The summed E-state index contributed by atoms with van der Waals surface area (Å²) in [7, 11) is 0. The number of carbonyl (C=O) groups excluding carboxylic acids is 2. The average molecular weight is 372 g/mol. The number of Topliss-reactive ketones (excluding diaryl/α,β-unsaturated/α-hetero) is 1. The molecule has 1 aromatic heterocycles. The highest BCUT2D eigenvalue weighted by Crippen LogP contribution is 2.40. The number of hydrogen-bond donors (Lipinski definition) is 1. The van der Waals surface area contributed by atoms with Gasteiger partial charge in [0.25, 0.3) is 5.91 Å². The van der Waals surface area contributed by atoms with Gasteiger partial charge in [-0.05, 0) is 37.0 Å². The van der Waals surface area contributed by atoms with Crippen molar-refractivity contribution in [3.8, 4) is 5.75 Å². The number of amides is 1. The number of hydrogen-bond acceptors (Lipinski definition) is 5. The Bertz CT molecular complexity index is 844. The summed E-state index contributed by atoms with van der Waals surface area (Å²) in [6.45, 7) is 8.46. The van der Waals surface area contributed by atoms with Gasteiger partial charge < -0.3 is 10.1 Å². The molecule has 1 heterocycles. The highest BCUT2D eigenvalue weighted by Gasteiger charge is 2.31. The Morgan fingerprint density at radius 1 is 1.42 bits per heavy atom. The van der Waals surface area contributed by atoms with Crippen LogP contribution in [0.25, 0.3) is 0 Å². The molecule has 138 valence electrons. The molecule has 1 aliphatic rings. The molecule has 2 aromatic rings. The van der Waals surface area contributed by atoms with Crippen LogP contribution in [0.3, 0.4) is 0 Å². The Kier molecular flexibility index (Phi) is 5.41. The normalized spacial score (nSPS) is 17.1. The number of rotatable bonds is 6. The van der Waals surface area contributed by atoms with E-state index in [0.717, 1.165) is 21.8 Å². The molecule has 0 spiro atoms. The minimum atomic E-state index is -0.196. The van der Waals surface area contributed by atoms with E-state index in [4.69, 9.17) is 4.74 Å². The molecule has 0 fully saturated rings. The lowest BCUT2D eigenvalue weighted by molar-refractivity contribution is -0.123. The van der Waals surface area contributed by atoms with Crippen LogP contribution in [-0.4, -0.2) is 29.8 Å². The maximum atomic E-state index is 12.3. The second kappa shape index (κ2) is 7.58. The van der Waals surface area contributed by atoms with Gasteiger partial charge in [-0.1, -0.05) is 19.9 Å². The molecule has 0 aliphatic heterocycles. The van der Waals surface area contributed by atoms with Crippen molar-refractivity contribution in [3.05, 3.63) is 44.9 Å². The molecule has 0 radical (unpaired) electrons. The van der Waals surface area contributed by atoms with Gasteiger partial charge >= 0.3 is 0 Å². The quantitative estimate of drug-likeness (QED) is 0.838. The lowest BCUT2D eigenvalue weighted by atomic mass is 9.97. The number of fused-ring (bicyclic) bond motifs is 1. The number of ether oxygens (including phenoxy) is 1. The minimum Gasteiger partial charge on any atom is -0.483 e. The molecule has 3 rings (SSSR count). The Morgan fingerprint density at radius 3 is 2.88 bits per heavy atom. The first-order valence-electron chi connectivity index (χ1n) is 8.85. The molecular formula is C20H24N2O3S. The van der Waals surface area contributed by atoms with Gasteiger partial charge in [0.15, 0.2) is 12.4 Å². The number of nitrogens with one attached hydrogen (secondary N) is 1. The summed E-state index contributed by atoms with van der Waals surface area (Å²) in [6, 6.07) is 3.74. The Morgan fingerprint density at radius 2 is 2.19 bits per heavy atom. The summed E-state index contributed by atoms with van der Waals surface area (Å²) in [5.74, 6) is 0.775. The SMILES string of the molecule is Cc1csc(C(C)CNC(=O)COc2ccc(C)c3c2C(=O)CC3C)n1. The molecule has 5 nitrogen and oxygen atoms in total. The van der Waals surface area contributed by atoms with Gasteiger partial charge in [-0.2, -0.15) is 0 Å². The van der Waals surface area contributed by atoms with Crippen molar-refractivity contribution < 1.29 is 14.3 Å². The van der Waals surface area contributed by atoms with Crippen molar-refractivity contribution >= 4 is 23.0 Å². The molecule has 1 aromatic carbocycles. The van der Waals surface area contributed by atoms with Gasteiger partial charge in [0, 0.05) is 30.0 Å². The molecule has 6 heteroatoms. The first kappa shape index (κ1) is 18.6. The maximum Gasteiger partial charge on any atom is 0.257 e. The summed E-state index contributed by atoms with van der Waals surface area (Å²) in [5, 5.41) is 5.90. The molecule has 2 unspecified atom stereocenters. The topological polar surface area (TPSA) is 68.3 Å². The van der Waals surface area contributed by atoms with E-state index in [1.165, 1.54) is 0 Å². The smallest absolute Gasteiger partial charge is 0.257 e. The largest absolute Gasteiger partial charge is 0.483 e. The molecule has 0 saturated heterocycles. The number of aryl methyl sites for hydroxylation is 2. The van der Waals surface area contributed by atoms with E-state index in [2.05, 4.69) is 17.2 Å². The zero-order valence-electron chi connectivity index (χ0n) is 15.6. The fraction of sp³-hybridized carbons (Fsp3) is 0.450. The van der Waals surface area contributed by atoms with Gasteiger partial charge in [-0.3, -0.25) is 9.59 Å². The zero-order valence-corrected chi connectivity index (χ0v) is 16.4. The summed E-state index contributed by atoms with van der Waals surface area (Å²) in [4.78, 5) is 28.9. The Balaban J connectivity index is 1.58. The molecule has 0 bridgehead atoms. The van der Waals surface area contributed by atoms with E-state index in [-0.39, 0.29) is 30.1 Å². The van der Waals surface area contributed by atoms with Gasteiger partial charge in [0.1, 0.15) is 5.75 Å². The monoisotopic (exact) mass is 372 g/mol. The number of nitrogens with zero attached hydrogens (tertiary/aromatic N) is 1. The predicted octanol–water partition coefficient (Wildman–Crippen LogP) is 3.75. The highest BCUT2D eigenvalue weighted by atomic mass is 32.1. The summed E-state index contributed by atoms with van der Waals surface area (Å²) >= 11 is 1.60. The molecule has 2 atom stereocenters. The van der Waals surface area contributed by atoms with Gasteiger partial charge in [-0.15, -0.1) is 11.3 Å². The number of ketones is 1. The highest BCUT2D eigenvalue weighted by molar-refractivity contribution is 7.09. The average Bonchev–Trinajstić information content (AvgIpc) is 3.16. The van der Waals surface area contributed by atoms with E-state index in [1.807, 2.05) is 32.2 Å². The van der Waals surface area contributed by atoms with E-state index >= 15 is 0 Å². The first-order valence-corrected chi connectivity index (χ1v) is 9.73.